The molecule has 3 rings (SSSR count). The van der Waals surface area contributed by atoms with Crippen molar-refractivity contribution in [2.45, 2.75) is 39.2 Å². The molecule has 0 unspecified atom stereocenters. The lowest BCUT2D eigenvalue weighted by atomic mass is 9.85. The Kier molecular flexibility index (Phi) is 4.94. The van der Waals surface area contributed by atoms with Gasteiger partial charge in [-0.2, -0.15) is 0 Å². The highest BCUT2D eigenvalue weighted by molar-refractivity contribution is 7.14. The first-order valence-corrected chi connectivity index (χ1v) is 9.04. The van der Waals surface area contributed by atoms with Crippen LogP contribution in [0.1, 0.15) is 44.7 Å². The van der Waals surface area contributed by atoms with Crippen LogP contribution in [0.25, 0.3) is 11.3 Å². The molecular formula is C18H21N3O2S. The van der Waals surface area contributed by atoms with Crippen molar-refractivity contribution in [2.24, 2.45) is 5.92 Å². The number of benzene rings is 1. The van der Waals surface area contributed by atoms with Crippen molar-refractivity contribution in [3.63, 3.8) is 0 Å². The van der Waals surface area contributed by atoms with Crippen molar-refractivity contribution in [3.8, 4) is 11.3 Å². The minimum atomic E-state index is -0.0436. The van der Waals surface area contributed by atoms with Gasteiger partial charge in [0, 0.05) is 23.8 Å². The van der Waals surface area contributed by atoms with E-state index in [4.69, 9.17) is 0 Å². The molecule has 1 heterocycles. The first-order chi connectivity index (χ1) is 11.5. The lowest BCUT2D eigenvalue weighted by molar-refractivity contribution is -0.122. The van der Waals surface area contributed by atoms with Crippen LogP contribution in [0.15, 0.2) is 29.6 Å². The van der Waals surface area contributed by atoms with E-state index in [1.807, 2.05) is 36.6 Å². The van der Waals surface area contributed by atoms with Crippen molar-refractivity contribution in [1.29, 1.82) is 0 Å². The number of amides is 2. The van der Waals surface area contributed by atoms with Gasteiger partial charge in [-0.3, -0.25) is 9.59 Å². The number of nitrogens with zero attached hydrogens (tertiary/aromatic N) is 1. The molecule has 0 saturated heterocycles. The Morgan fingerprint density at radius 2 is 1.96 bits per heavy atom. The minimum Gasteiger partial charge on any atom is -0.350 e. The molecular weight excluding hydrogens is 322 g/mol. The lowest BCUT2D eigenvalue weighted by Gasteiger charge is -2.23. The van der Waals surface area contributed by atoms with Crippen LogP contribution in [0.5, 0.6) is 0 Å². The van der Waals surface area contributed by atoms with Crippen molar-refractivity contribution >= 4 is 28.3 Å². The topological polar surface area (TPSA) is 71.1 Å². The molecule has 1 aromatic heterocycles. The minimum absolute atomic E-state index is 0.0238. The van der Waals surface area contributed by atoms with Crippen LogP contribution in [0.3, 0.4) is 0 Å². The van der Waals surface area contributed by atoms with Crippen LogP contribution in [-0.2, 0) is 9.59 Å². The molecule has 1 atom stereocenters. The van der Waals surface area contributed by atoms with Crippen LogP contribution >= 0.6 is 11.3 Å². The highest BCUT2D eigenvalue weighted by Gasteiger charge is 2.25. The molecule has 1 aliphatic rings. The molecule has 2 aromatic rings. The smallest absolute Gasteiger partial charge is 0.229 e. The predicted octanol–water partition coefficient (Wildman–Crippen LogP) is 3.75. The van der Waals surface area contributed by atoms with E-state index >= 15 is 0 Å². The van der Waals surface area contributed by atoms with Gasteiger partial charge in [-0.15, -0.1) is 11.3 Å². The SMILES string of the molecule is CC(=O)N[C@H](C)c1ccc(-c2csc(NC(=O)C3CCC3)n2)cc1. The molecule has 126 valence electrons. The molecule has 6 heteroatoms. The number of thiazole rings is 1. The summed E-state index contributed by atoms with van der Waals surface area (Å²) in [5.74, 6) is 0.200. The summed E-state index contributed by atoms with van der Waals surface area (Å²) in [5.41, 5.74) is 2.89. The van der Waals surface area contributed by atoms with E-state index in [1.165, 1.54) is 18.3 Å². The second-order valence-electron chi connectivity index (χ2n) is 6.20. The number of anilines is 1. The van der Waals surface area contributed by atoms with Gasteiger partial charge in [-0.25, -0.2) is 4.98 Å². The normalized spacial score (nSPS) is 15.4. The molecule has 0 radical (unpaired) electrons. The third-order valence-electron chi connectivity index (χ3n) is 4.34. The highest BCUT2D eigenvalue weighted by atomic mass is 32.1. The van der Waals surface area contributed by atoms with E-state index in [0.717, 1.165) is 36.1 Å². The molecule has 1 aromatic carbocycles. The standard InChI is InChI=1S/C18H21N3O2S/c1-11(19-12(2)22)13-6-8-14(9-7-13)16-10-24-18(20-16)21-17(23)15-4-3-5-15/h6-11,15H,3-5H2,1-2H3,(H,19,22)(H,20,21,23)/t11-/m1/s1. The van der Waals surface area contributed by atoms with Crippen LogP contribution in [0.2, 0.25) is 0 Å². The molecule has 0 aliphatic heterocycles. The van der Waals surface area contributed by atoms with E-state index in [0.29, 0.717) is 5.13 Å². The summed E-state index contributed by atoms with van der Waals surface area (Å²) in [4.78, 5) is 27.6. The third-order valence-corrected chi connectivity index (χ3v) is 5.09. The quantitative estimate of drug-likeness (QED) is 0.868. The van der Waals surface area contributed by atoms with Gasteiger partial charge < -0.3 is 10.6 Å². The zero-order valence-corrected chi connectivity index (χ0v) is 14.7. The molecule has 1 saturated carbocycles. The van der Waals surface area contributed by atoms with Crippen molar-refractivity contribution in [2.75, 3.05) is 5.32 Å². The molecule has 0 spiro atoms. The summed E-state index contributed by atoms with van der Waals surface area (Å²) < 4.78 is 0. The summed E-state index contributed by atoms with van der Waals surface area (Å²) in [6.45, 7) is 3.47. The number of aromatic nitrogens is 1. The third kappa shape index (κ3) is 3.82. The van der Waals surface area contributed by atoms with Gasteiger partial charge in [0.2, 0.25) is 11.8 Å². The molecule has 2 amide bonds. The van der Waals surface area contributed by atoms with Gasteiger partial charge in [-0.05, 0) is 25.3 Å². The second kappa shape index (κ2) is 7.13. The average Bonchev–Trinajstić information content (AvgIpc) is 2.93. The Morgan fingerprint density at radius 3 is 2.54 bits per heavy atom. The zero-order valence-electron chi connectivity index (χ0n) is 13.8. The van der Waals surface area contributed by atoms with Gasteiger partial charge in [0.1, 0.15) is 0 Å². The largest absolute Gasteiger partial charge is 0.350 e. The van der Waals surface area contributed by atoms with Crippen molar-refractivity contribution in [1.82, 2.24) is 10.3 Å². The van der Waals surface area contributed by atoms with Gasteiger partial charge in [-0.1, -0.05) is 30.7 Å². The highest BCUT2D eigenvalue weighted by Crippen LogP contribution is 2.30. The fourth-order valence-electron chi connectivity index (χ4n) is 2.67. The first kappa shape index (κ1) is 16.6. The maximum Gasteiger partial charge on any atom is 0.229 e. The summed E-state index contributed by atoms with van der Waals surface area (Å²) >= 11 is 1.44. The first-order valence-electron chi connectivity index (χ1n) is 8.17. The van der Waals surface area contributed by atoms with Gasteiger partial charge >= 0.3 is 0 Å². The van der Waals surface area contributed by atoms with Crippen LogP contribution in [0.4, 0.5) is 5.13 Å². The van der Waals surface area contributed by atoms with Crippen molar-refractivity contribution < 1.29 is 9.59 Å². The molecule has 24 heavy (non-hydrogen) atoms. The van der Waals surface area contributed by atoms with Gasteiger partial charge in [0.15, 0.2) is 5.13 Å². The number of nitrogens with one attached hydrogen (secondary N) is 2. The molecule has 1 fully saturated rings. The zero-order chi connectivity index (χ0) is 17.1. The Labute approximate surface area is 145 Å². The maximum atomic E-state index is 12.0. The molecule has 5 nitrogen and oxygen atoms in total. The van der Waals surface area contributed by atoms with E-state index < -0.39 is 0 Å². The fourth-order valence-corrected chi connectivity index (χ4v) is 3.40. The molecule has 1 aliphatic carbocycles. The number of hydrogen-bond acceptors (Lipinski definition) is 4. The lowest BCUT2D eigenvalue weighted by Crippen LogP contribution is -2.27. The summed E-state index contributed by atoms with van der Waals surface area (Å²) in [7, 11) is 0. The Balaban J connectivity index is 1.66. The molecule has 2 N–H and O–H groups in total. The fraction of sp³-hybridized carbons (Fsp3) is 0.389. The van der Waals surface area contributed by atoms with Crippen LogP contribution in [0, 0.1) is 5.92 Å². The molecule has 0 bridgehead atoms. The number of rotatable bonds is 5. The second-order valence-corrected chi connectivity index (χ2v) is 7.06. The Morgan fingerprint density at radius 1 is 1.25 bits per heavy atom. The number of carbonyl (C=O) groups is 2. The van der Waals surface area contributed by atoms with Crippen molar-refractivity contribution in [3.05, 3.63) is 35.2 Å². The van der Waals surface area contributed by atoms with E-state index in [9.17, 15) is 9.59 Å². The summed E-state index contributed by atoms with van der Waals surface area (Å²) in [5, 5.41) is 8.37. The van der Waals surface area contributed by atoms with E-state index in [-0.39, 0.29) is 23.8 Å². The summed E-state index contributed by atoms with van der Waals surface area (Å²) in [6.07, 6.45) is 3.11. The van der Waals surface area contributed by atoms with E-state index in [2.05, 4.69) is 15.6 Å². The number of carbonyl (C=O) groups excluding carboxylic acids is 2. The number of hydrogen-bond donors (Lipinski definition) is 2. The van der Waals surface area contributed by atoms with E-state index in [1.54, 1.807) is 0 Å². The Bertz CT molecular complexity index is 735. The van der Waals surface area contributed by atoms with Gasteiger partial charge in [0.25, 0.3) is 0 Å². The van der Waals surface area contributed by atoms with Crippen LogP contribution in [-0.4, -0.2) is 16.8 Å². The predicted molar refractivity (Wildman–Crippen MR) is 95.8 cm³/mol. The summed E-state index contributed by atoms with van der Waals surface area (Å²) in [6, 6.07) is 7.92. The van der Waals surface area contributed by atoms with Crippen LogP contribution < -0.4 is 10.6 Å². The Hall–Kier alpha value is -2.21. The average molecular weight is 343 g/mol. The van der Waals surface area contributed by atoms with Gasteiger partial charge in [0.05, 0.1) is 11.7 Å². The monoisotopic (exact) mass is 343 g/mol. The maximum absolute atomic E-state index is 12.0.